The highest BCUT2D eigenvalue weighted by molar-refractivity contribution is 7.12. The molecule has 18 heavy (non-hydrogen) atoms. The second kappa shape index (κ2) is 5.36. The van der Waals surface area contributed by atoms with Crippen molar-refractivity contribution < 1.29 is 9.90 Å². The Morgan fingerprint density at radius 1 is 1.17 bits per heavy atom. The number of benzene rings is 1. The van der Waals surface area contributed by atoms with Gasteiger partial charge in [0.15, 0.2) is 0 Å². The summed E-state index contributed by atoms with van der Waals surface area (Å²) in [4.78, 5) is 11.6. The Labute approximate surface area is 111 Å². The average Bonchev–Trinajstić information content (AvgIpc) is 2.87. The van der Waals surface area contributed by atoms with Crippen molar-refractivity contribution in [1.82, 2.24) is 0 Å². The lowest BCUT2D eigenvalue weighted by Gasteiger charge is -2.10. The van der Waals surface area contributed by atoms with Gasteiger partial charge in [-0.1, -0.05) is 32.0 Å². The molecule has 0 saturated heterocycles. The van der Waals surface area contributed by atoms with Crippen LogP contribution < -0.4 is 0 Å². The SMILES string of the molecule is CCc1ccc(CC)c(-c2ccsc2C(=O)O)c1. The first kappa shape index (κ1) is 12.8. The highest BCUT2D eigenvalue weighted by atomic mass is 32.1. The van der Waals surface area contributed by atoms with E-state index in [2.05, 4.69) is 32.0 Å². The minimum Gasteiger partial charge on any atom is -0.477 e. The molecule has 0 fully saturated rings. The minimum absolute atomic E-state index is 0.429. The van der Waals surface area contributed by atoms with E-state index >= 15 is 0 Å². The zero-order valence-corrected chi connectivity index (χ0v) is 11.4. The van der Waals surface area contributed by atoms with E-state index in [9.17, 15) is 9.90 Å². The van der Waals surface area contributed by atoms with Crippen molar-refractivity contribution in [3.05, 3.63) is 45.6 Å². The third kappa shape index (κ3) is 2.31. The Morgan fingerprint density at radius 2 is 1.94 bits per heavy atom. The van der Waals surface area contributed by atoms with Crippen molar-refractivity contribution >= 4 is 17.3 Å². The van der Waals surface area contributed by atoms with Gasteiger partial charge in [0.2, 0.25) is 0 Å². The van der Waals surface area contributed by atoms with Crippen molar-refractivity contribution in [2.24, 2.45) is 0 Å². The second-order valence-electron chi connectivity index (χ2n) is 4.17. The normalized spacial score (nSPS) is 10.6. The van der Waals surface area contributed by atoms with Gasteiger partial charge >= 0.3 is 5.97 Å². The Morgan fingerprint density at radius 3 is 2.56 bits per heavy atom. The first-order valence-electron chi connectivity index (χ1n) is 6.10. The van der Waals surface area contributed by atoms with E-state index < -0.39 is 5.97 Å². The summed E-state index contributed by atoms with van der Waals surface area (Å²) in [5.74, 6) is -0.844. The topological polar surface area (TPSA) is 37.3 Å². The monoisotopic (exact) mass is 260 g/mol. The maximum atomic E-state index is 11.2. The molecule has 1 aromatic carbocycles. The molecule has 0 spiro atoms. The van der Waals surface area contributed by atoms with Crippen LogP contribution in [0.1, 0.15) is 34.6 Å². The fourth-order valence-corrected chi connectivity index (χ4v) is 2.84. The summed E-state index contributed by atoms with van der Waals surface area (Å²) >= 11 is 1.29. The van der Waals surface area contributed by atoms with Crippen LogP contribution in [0.15, 0.2) is 29.6 Å². The molecule has 94 valence electrons. The Hall–Kier alpha value is -1.61. The van der Waals surface area contributed by atoms with Gasteiger partial charge in [0.1, 0.15) is 4.88 Å². The molecule has 2 nitrogen and oxygen atoms in total. The van der Waals surface area contributed by atoms with Crippen LogP contribution in [0, 0.1) is 0 Å². The smallest absolute Gasteiger partial charge is 0.346 e. The van der Waals surface area contributed by atoms with E-state index in [1.54, 1.807) is 0 Å². The predicted octanol–water partition coefficient (Wildman–Crippen LogP) is 4.24. The molecule has 0 radical (unpaired) electrons. The maximum absolute atomic E-state index is 11.2. The summed E-state index contributed by atoms with van der Waals surface area (Å²) in [5, 5.41) is 11.1. The van der Waals surface area contributed by atoms with E-state index in [4.69, 9.17) is 0 Å². The molecular weight excluding hydrogens is 244 g/mol. The van der Waals surface area contributed by atoms with Crippen LogP contribution in [0.3, 0.4) is 0 Å². The molecule has 1 heterocycles. The number of hydrogen-bond acceptors (Lipinski definition) is 2. The van der Waals surface area contributed by atoms with Crippen LogP contribution in [-0.4, -0.2) is 11.1 Å². The molecular formula is C15H16O2S. The lowest BCUT2D eigenvalue weighted by molar-refractivity contribution is 0.0703. The number of aromatic carboxylic acids is 1. The Balaban J connectivity index is 2.61. The van der Waals surface area contributed by atoms with Crippen LogP contribution in [0.4, 0.5) is 0 Å². The molecule has 0 bridgehead atoms. The third-order valence-electron chi connectivity index (χ3n) is 3.11. The molecule has 0 unspecified atom stereocenters. The van der Waals surface area contributed by atoms with E-state index in [1.807, 2.05) is 11.4 Å². The number of carbonyl (C=O) groups is 1. The maximum Gasteiger partial charge on any atom is 0.346 e. The average molecular weight is 260 g/mol. The number of aryl methyl sites for hydroxylation is 2. The first-order valence-corrected chi connectivity index (χ1v) is 6.98. The molecule has 1 aromatic heterocycles. The molecule has 0 aliphatic carbocycles. The molecule has 1 N–H and O–H groups in total. The van der Waals surface area contributed by atoms with Crippen LogP contribution >= 0.6 is 11.3 Å². The summed E-state index contributed by atoms with van der Waals surface area (Å²) in [6.07, 6.45) is 1.87. The number of rotatable bonds is 4. The van der Waals surface area contributed by atoms with E-state index in [0.29, 0.717) is 4.88 Å². The number of carboxylic acid groups (broad SMARTS) is 1. The number of thiophene rings is 1. The van der Waals surface area contributed by atoms with Crippen molar-refractivity contribution in [1.29, 1.82) is 0 Å². The van der Waals surface area contributed by atoms with Gasteiger partial charge in [-0.2, -0.15) is 0 Å². The molecule has 2 aromatic rings. The summed E-state index contributed by atoms with van der Waals surface area (Å²) in [6.45, 7) is 4.20. The number of hydrogen-bond donors (Lipinski definition) is 1. The van der Waals surface area contributed by atoms with Crippen molar-refractivity contribution in [3.8, 4) is 11.1 Å². The highest BCUT2D eigenvalue weighted by Crippen LogP contribution is 2.32. The van der Waals surface area contributed by atoms with Gasteiger partial charge in [0.25, 0.3) is 0 Å². The van der Waals surface area contributed by atoms with Gasteiger partial charge in [-0.25, -0.2) is 4.79 Å². The number of carboxylic acids is 1. The van der Waals surface area contributed by atoms with Crippen molar-refractivity contribution in [2.45, 2.75) is 26.7 Å². The lowest BCUT2D eigenvalue weighted by atomic mass is 9.95. The zero-order chi connectivity index (χ0) is 13.1. The van der Waals surface area contributed by atoms with Gasteiger partial charge in [-0.05, 0) is 41.0 Å². The van der Waals surface area contributed by atoms with Gasteiger partial charge in [-0.15, -0.1) is 11.3 Å². The summed E-state index contributed by atoms with van der Waals surface area (Å²) in [6, 6.07) is 8.25. The van der Waals surface area contributed by atoms with E-state index in [0.717, 1.165) is 24.0 Å². The standard InChI is InChI=1S/C15H16O2S/c1-3-10-5-6-11(4-2)13(9-10)12-7-8-18-14(12)15(16)17/h5-9H,3-4H2,1-2H3,(H,16,17). The third-order valence-corrected chi connectivity index (χ3v) is 4.02. The van der Waals surface area contributed by atoms with Crippen LogP contribution in [0.5, 0.6) is 0 Å². The molecule has 0 amide bonds. The zero-order valence-electron chi connectivity index (χ0n) is 10.6. The Kier molecular flexibility index (Phi) is 3.82. The second-order valence-corrected chi connectivity index (χ2v) is 5.08. The molecule has 0 saturated carbocycles. The quantitative estimate of drug-likeness (QED) is 0.892. The molecule has 0 aliphatic heterocycles. The van der Waals surface area contributed by atoms with Crippen molar-refractivity contribution in [3.63, 3.8) is 0 Å². The fraction of sp³-hybridized carbons (Fsp3) is 0.267. The van der Waals surface area contributed by atoms with Crippen molar-refractivity contribution in [2.75, 3.05) is 0 Å². The Bertz CT molecular complexity index is 570. The summed E-state index contributed by atoms with van der Waals surface area (Å²) < 4.78 is 0. The van der Waals surface area contributed by atoms with E-state index in [-0.39, 0.29) is 0 Å². The minimum atomic E-state index is -0.844. The van der Waals surface area contributed by atoms with Gasteiger partial charge in [0, 0.05) is 5.56 Å². The first-order chi connectivity index (χ1) is 8.67. The van der Waals surface area contributed by atoms with Crippen LogP contribution in [-0.2, 0) is 12.8 Å². The van der Waals surface area contributed by atoms with Gasteiger partial charge in [0.05, 0.1) is 0 Å². The van der Waals surface area contributed by atoms with Gasteiger partial charge in [-0.3, -0.25) is 0 Å². The molecule has 3 heteroatoms. The molecule has 0 aliphatic rings. The van der Waals surface area contributed by atoms with Gasteiger partial charge < -0.3 is 5.11 Å². The molecule has 2 rings (SSSR count). The van der Waals surface area contributed by atoms with E-state index in [1.165, 1.54) is 22.5 Å². The van der Waals surface area contributed by atoms with Crippen LogP contribution in [0.25, 0.3) is 11.1 Å². The summed E-state index contributed by atoms with van der Waals surface area (Å²) in [7, 11) is 0. The largest absolute Gasteiger partial charge is 0.477 e. The van der Waals surface area contributed by atoms with Crippen LogP contribution in [0.2, 0.25) is 0 Å². The lowest BCUT2D eigenvalue weighted by Crippen LogP contribution is -1.97. The molecule has 0 atom stereocenters. The fourth-order valence-electron chi connectivity index (χ4n) is 2.09. The predicted molar refractivity (Wildman–Crippen MR) is 75.5 cm³/mol. The summed E-state index contributed by atoms with van der Waals surface area (Å²) in [5.41, 5.74) is 4.35. The highest BCUT2D eigenvalue weighted by Gasteiger charge is 2.15.